The second-order valence-electron chi connectivity index (χ2n) is 7.30. The van der Waals surface area contributed by atoms with E-state index in [9.17, 15) is 14.7 Å². The van der Waals surface area contributed by atoms with Crippen LogP contribution in [0.5, 0.6) is 0 Å². The van der Waals surface area contributed by atoms with Gasteiger partial charge in [0.2, 0.25) is 5.91 Å². The van der Waals surface area contributed by atoms with Gasteiger partial charge in [0, 0.05) is 38.1 Å². The van der Waals surface area contributed by atoms with Crippen molar-refractivity contribution in [3.8, 4) is 0 Å². The molecule has 3 aromatic rings. The molecule has 1 aliphatic heterocycles. The fraction of sp³-hybridized carbons (Fsp3) is 0.318. The standard InChI is InChI=1S/C22H24N4O3/c27-20(17-6-2-1-3-7-17)15-24-10-12-25(13-11-24)21(28)16-26-22(29)19-9-5-4-8-18(19)14-23-26/h1-9,14,20,27H,10-13,15-16H2. The van der Waals surface area contributed by atoms with Crippen molar-refractivity contribution in [3.05, 3.63) is 76.7 Å². The second-order valence-corrected chi connectivity index (χ2v) is 7.30. The molecule has 1 unspecified atom stereocenters. The minimum atomic E-state index is -0.543. The van der Waals surface area contributed by atoms with Gasteiger partial charge in [0.05, 0.1) is 17.7 Å². The van der Waals surface area contributed by atoms with Crippen molar-refractivity contribution >= 4 is 16.7 Å². The minimum Gasteiger partial charge on any atom is -0.387 e. The Labute approximate surface area is 168 Å². The Morgan fingerprint density at radius 2 is 1.69 bits per heavy atom. The monoisotopic (exact) mass is 392 g/mol. The number of nitrogens with zero attached hydrogens (tertiary/aromatic N) is 4. The van der Waals surface area contributed by atoms with Crippen LogP contribution in [0.25, 0.3) is 10.8 Å². The third-order valence-electron chi connectivity index (χ3n) is 5.39. The van der Waals surface area contributed by atoms with Crippen LogP contribution in [0.1, 0.15) is 11.7 Å². The van der Waals surface area contributed by atoms with E-state index in [0.29, 0.717) is 38.1 Å². The first-order valence-corrected chi connectivity index (χ1v) is 9.80. The van der Waals surface area contributed by atoms with Crippen molar-refractivity contribution in [2.24, 2.45) is 0 Å². The Morgan fingerprint density at radius 3 is 2.45 bits per heavy atom. The first-order chi connectivity index (χ1) is 14.1. The summed E-state index contributed by atoms with van der Waals surface area (Å²) in [6, 6.07) is 16.8. The smallest absolute Gasteiger partial charge is 0.275 e. The number of aliphatic hydroxyl groups excluding tert-OH is 1. The first-order valence-electron chi connectivity index (χ1n) is 9.80. The molecule has 7 heteroatoms. The Kier molecular flexibility index (Phi) is 5.69. The van der Waals surface area contributed by atoms with Crippen molar-refractivity contribution in [1.82, 2.24) is 19.6 Å². The number of aliphatic hydroxyl groups is 1. The lowest BCUT2D eigenvalue weighted by Gasteiger charge is -2.35. The van der Waals surface area contributed by atoms with Gasteiger partial charge in [-0.1, -0.05) is 48.5 Å². The summed E-state index contributed by atoms with van der Waals surface area (Å²) in [5, 5.41) is 15.9. The summed E-state index contributed by atoms with van der Waals surface area (Å²) >= 11 is 0. The van der Waals surface area contributed by atoms with Gasteiger partial charge in [-0.25, -0.2) is 4.68 Å². The molecular weight excluding hydrogens is 368 g/mol. The summed E-state index contributed by atoms with van der Waals surface area (Å²) in [6.07, 6.45) is 1.08. The maximum atomic E-state index is 12.7. The molecule has 1 aromatic heterocycles. The fourth-order valence-electron chi connectivity index (χ4n) is 3.67. The highest BCUT2D eigenvalue weighted by atomic mass is 16.3. The number of carbonyl (C=O) groups excluding carboxylic acids is 1. The molecule has 0 bridgehead atoms. The number of hydrogen-bond donors (Lipinski definition) is 1. The molecule has 1 fully saturated rings. The number of carbonyl (C=O) groups is 1. The highest BCUT2D eigenvalue weighted by molar-refractivity contribution is 5.81. The summed E-state index contributed by atoms with van der Waals surface area (Å²) < 4.78 is 1.23. The summed E-state index contributed by atoms with van der Waals surface area (Å²) in [5.74, 6) is -0.113. The predicted molar refractivity (Wildman–Crippen MR) is 110 cm³/mol. The Morgan fingerprint density at radius 1 is 1.00 bits per heavy atom. The molecule has 1 aliphatic rings. The van der Waals surface area contributed by atoms with Gasteiger partial charge in [-0.2, -0.15) is 5.10 Å². The molecule has 1 N–H and O–H groups in total. The largest absolute Gasteiger partial charge is 0.387 e. The Bertz CT molecular complexity index is 1040. The summed E-state index contributed by atoms with van der Waals surface area (Å²) in [5.41, 5.74) is 0.647. The average molecular weight is 392 g/mol. The molecule has 0 saturated carbocycles. The lowest BCUT2D eigenvalue weighted by Crippen LogP contribution is -2.50. The summed E-state index contributed by atoms with van der Waals surface area (Å²) in [4.78, 5) is 29.1. The second kappa shape index (κ2) is 8.55. The molecule has 4 rings (SSSR count). The maximum absolute atomic E-state index is 12.7. The third-order valence-corrected chi connectivity index (χ3v) is 5.39. The molecule has 1 amide bonds. The molecule has 0 radical (unpaired) electrons. The normalized spacial score (nSPS) is 16.1. The molecule has 29 heavy (non-hydrogen) atoms. The Balaban J connectivity index is 1.34. The molecule has 150 valence electrons. The highest BCUT2D eigenvalue weighted by Crippen LogP contribution is 2.15. The number of hydrogen-bond acceptors (Lipinski definition) is 5. The van der Waals surface area contributed by atoms with E-state index in [2.05, 4.69) is 10.00 Å². The van der Waals surface area contributed by atoms with Crippen LogP contribution in [0.2, 0.25) is 0 Å². The Hall–Kier alpha value is -3.03. The highest BCUT2D eigenvalue weighted by Gasteiger charge is 2.23. The molecule has 2 heterocycles. The molecule has 7 nitrogen and oxygen atoms in total. The number of piperazine rings is 1. The number of aromatic nitrogens is 2. The van der Waals surface area contributed by atoms with Gasteiger partial charge in [0.1, 0.15) is 6.54 Å². The summed E-state index contributed by atoms with van der Waals surface area (Å²) in [6.45, 7) is 3.00. The van der Waals surface area contributed by atoms with E-state index < -0.39 is 6.10 Å². The van der Waals surface area contributed by atoms with Crippen LogP contribution >= 0.6 is 0 Å². The van der Waals surface area contributed by atoms with Gasteiger partial charge in [-0.3, -0.25) is 14.5 Å². The fourth-order valence-corrected chi connectivity index (χ4v) is 3.67. The number of benzene rings is 2. The minimum absolute atomic E-state index is 0.0592. The van der Waals surface area contributed by atoms with Crippen LogP contribution < -0.4 is 5.56 Å². The zero-order valence-corrected chi connectivity index (χ0v) is 16.1. The molecule has 0 aliphatic carbocycles. The van der Waals surface area contributed by atoms with E-state index in [4.69, 9.17) is 0 Å². The van der Waals surface area contributed by atoms with Crippen molar-refractivity contribution in [1.29, 1.82) is 0 Å². The van der Waals surface area contributed by atoms with Gasteiger partial charge in [-0.15, -0.1) is 0 Å². The molecule has 2 aromatic carbocycles. The zero-order chi connectivity index (χ0) is 20.2. The number of β-amino-alcohol motifs (C(OH)–C–C–N with tert-alkyl or cyclic N) is 1. The van der Waals surface area contributed by atoms with Crippen LogP contribution in [-0.4, -0.2) is 63.3 Å². The molecular formula is C22H24N4O3. The summed E-state index contributed by atoms with van der Waals surface area (Å²) in [7, 11) is 0. The molecule has 1 atom stereocenters. The van der Waals surface area contributed by atoms with E-state index in [1.54, 1.807) is 23.2 Å². The van der Waals surface area contributed by atoms with Crippen LogP contribution in [0.3, 0.4) is 0 Å². The van der Waals surface area contributed by atoms with Crippen LogP contribution in [0.4, 0.5) is 0 Å². The lowest BCUT2D eigenvalue weighted by molar-refractivity contribution is -0.134. The number of rotatable bonds is 5. The van der Waals surface area contributed by atoms with Crippen molar-refractivity contribution in [2.45, 2.75) is 12.6 Å². The van der Waals surface area contributed by atoms with E-state index in [1.165, 1.54) is 4.68 Å². The van der Waals surface area contributed by atoms with E-state index in [-0.39, 0.29) is 18.0 Å². The van der Waals surface area contributed by atoms with E-state index >= 15 is 0 Å². The maximum Gasteiger partial charge on any atom is 0.275 e. The quantitative estimate of drug-likeness (QED) is 0.708. The predicted octanol–water partition coefficient (Wildman–Crippen LogP) is 1.27. The first kappa shape index (κ1) is 19.3. The van der Waals surface area contributed by atoms with Gasteiger partial charge >= 0.3 is 0 Å². The van der Waals surface area contributed by atoms with Gasteiger partial charge in [0.25, 0.3) is 5.56 Å². The van der Waals surface area contributed by atoms with Crippen LogP contribution in [0.15, 0.2) is 65.6 Å². The van der Waals surface area contributed by atoms with Gasteiger partial charge in [0.15, 0.2) is 0 Å². The van der Waals surface area contributed by atoms with Crippen molar-refractivity contribution in [2.75, 3.05) is 32.7 Å². The number of amides is 1. The zero-order valence-electron chi connectivity index (χ0n) is 16.1. The average Bonchev–Trinajstić information content (AvgIpc) is 2.77. The molecule has 0 spiro atoms. The lowest BCUT2D eigenvalue weighted by atomic mass is 10.1. The van der Waals surface area contributed by atoms with Crippen molar-refractivity contribution < 1.29 is 9.90 Å². The topological polar surface area (TPSA) is 78.7 Å². The van der Waals surface area contributed by atoms with E-state index in [0.717, 1.165) is 10.9 Å². The van der Waals surface area contributed by atoms with Crippen LogP contribution in [-0.2, 0) is 11.3 Å². The van der Waals surface area contributed by atoms with Gasteiger partial charge < -0.3 is 10.0 Å². The van der Waals surface area contributed by atoms with E-state index in [1.807, 2.05) is 42.5 Å². The van der Waals surface area contributed by atoms with Gasteiger partial charge in [-0.05, 0) is 11.6 Å². The van der Waals surface area contributed by atoms with Crippen LogP contribution in [0, 0.1) is 0 Å². The van der Waals surface area contributed by atoms with Crippen molar-refractivity contribution in [3.63, 3.8) is 0 Å². The molecule has 1 saturated heterocycles. The SMILES string of the molecule is O=C(Cn1ncc2ccccc2c1=O)N1CCN(CC(O)c2ccccc2)CC1. The third kappa shape index (κ3) is 4.36. The number of fused-ring (bicyclic) bond motifs is 1.